The summed E-state index contributed by atoms with van der Waals surface area (Å²) >= 11 is 0. The van der Waals surface area contributed by atoms with Crippen molar-refractivity contribution in [2.45, 2.75) is 25.9 Å². The van der Waals surface area contributed by atoms with Crippen molar-refractivity contribution in [1.82, 2.24) is 4.90 Å². The third-order valence-electron chi connectivity index (χ3n) is 4.07. The van der Waals surface area contributed by atoms with Crippen molar-refractivity contribution in [3.8, 4) is 0 Å². The lowest BCUT2D eigenvalue weighted by Gasteiger charge is -2.30. The Morgan fingerprint density at radius 3 is 2.32 bits per heavy atom. The zero-order valence-corrected chi connectivity index (χ0v) is 13.9. The first kappa shape index (κ1) is 19.2. The first-order chi connectivity index (χ1) is 11.8. The van der Waals surface area contributed by atoms with Crippen molar-refractivity contribution in [1.29, 1.82) is 0 Å². The Hall–Kier alpha value is -2.09. The van der Waals surface area contributed by atoms with Gasteiger partial charge in [0.1, 0.15) is 0 Å². The molecule has 1 saturated heterocycles. The molecule has 1 amide bonds. The monoisotopic (exact) mass is 358 g/mol. The topological polar surface area (TPSA) is 58.6 Å². The van der Waals surface area contributed by atoms with E-state index in [0.717, 1.165) is 12.1 Å². The number of carbonyl (C=O) groups excluding carboxylic acids is 2. The first-order valence-corrected chi connectivity index (χ1v) is 8.15. The van der Waals surface area contributed by atoms with Crippen LogP contribution in [0.2, 0.25) is 0 Å². The van der Waals surface area contributed by atoms with Gasteiger partial charge in [-0.15, -0.1) is 0 Å². The van der Waals surface area contributed by atoms with E-state index in [1.807, 2.05) is 4.90 Å². The van der Waals surface area contributed by atoms with Crippen LogP contribution in [0.3, 0.4) is 0 Å². The summed E-state index contributed by atoms with van der Waals surface area (Å²) in [7, 11) is 0. The highest BCUT2D eigenvalue weighted by Gasteiger charge is 2.30. The molecule has 2 rings (SSSR count). The molecule has 138 valence electrons. The molecule has 1 fully saturated rings. The van der Waals surface area contributed by atoms with Crippen molar-refractivity contribution in [3.05, 3.63) is 29.8 Å². The maximum atomic E-state index is 12.5. The van der Waals surface area contributed by atoms with Crippen molar-refractivity contribution in [3.63, 3.8) is 0 Å². The SMILES string of the molecule is CCOC(=O)C1CCN(CC(=O)Nc2ccc(C(F)(F)F)cc2)CC1. The average molecular weight is 358 g/mol. The molecule has 0 saturated carbocycles. The molecule has 1 heterocycles. The fourth-order valence-corrected chi connectivity index (χ4v) is 2.73. The Balaban J connectivity index is 1.78. The molecule has 0 aromatic heterocycles. The minimum atomic E-state index is -4.40. The molecule has 0 radical (unpaired) electrons. The second-order valence-electron chi connectivity index (χ2n) is 5.93. The van der Waals surface area contributed by atoms with Crippen LogP contribution in [0.15, 0.2) is 24.3 Å². The van der Waals surface area contributed by atoms with E-state index in [9.17, 15) is 22.8 Å². The lowest BCUT2D eigenvalue weighted by molar-refractivity contribution is -0.149. The maximum absolute atomic E-state index is 12.5. The smallest absolute Gasteiger partial charge is 0.416 e. The van der Waals surface area contributed by atoms with E-state index in [2.05, 4.69) is 5.32 Å². The molecule has 0 unspecified atom stereocenters. The van der Waals surface area contributed by atoms with E-state index in [-0.39, 0.29) is 24.3 Å². The summed E-state index contributed by atoms with van der Waals surface area (Å²) in [6.45, 7) is 3.46. The van der Waals surface area contributed by atoms with Gasteiger partial charge in [0.15, 0.2) is 0 Å². The van der Waals surface area contributed by atoms with Crippen LogP contribution in [0, 0.1) is 5.92 Å². The second-order valence-corrected chi connectivity index (χ2v) is 5.93. The first-order valence-electron chi connectivity index (χ1n) is 8.15. The van der Waals surface area contributed by atoms with Gasteiger partial charge in [0.05, 0.1) is 24.6 Å². The van der Waals surface area contributed by atoms with Crippen LogP contribution in [-0.2, 0) is 20.5 Å². The van der Waals surface area contributed by atoms with E-state index in [4.69, 9.17) is 4.74 Å². The number of anilines is 1. The van der Waals surface area contributed by atoms with Crippen molar-refractivity contribution in [2.24, 2.45) is 5.92 Å². The summed E-state index contributed by atoms with van der Waals surface area (Å²) in [5.74, 6) is -0.625. The van der Waals surface area contributed by atoms with Crippen LogP contribution >= 0.6 is 0 Å². The number of hydrogen-bond acceptors (Lipinski definition) is 4. The summed E-state index contributed by atoms with van der Waals surface area (Å²) in [6.07, 6.45) is -3.13. The standard InChI is InChI=1S/C17H21F3N2O3/c1-2-25-16(24)12-7-9-22(10-8-12)11-15(23)21-14-5-3-13(4-6-14)17(18,19)20/h3-6,12H,2,7-11H2,1H3,(H,21,23). The maximum Gasteiger partial charge on any atom is 0.416 e. The van der Waals surface area contributed by atoms with Gasteiger partial charge < -0.3 is 10.1 Å². The predicted octanol–water partition coefficient (Wildman–Crippen LogP) is 2.92. The second kappa shape index (κ2) is 8.33. The minimum Gasteiger partial charge on any atom is -0.466 e. The predicted molar refractivity (Wildman–Crippen MR) is 85.9 cm³/mol. The number of carbonyl (C=O) groups is 2. The zero-order valence-electron chi connectivity index (χ0n) is 13.9. The largest absolute Gasteiger partial charge is 0.466 e. The van der Waals surface area contributed by atoms with Gasteiger partial charge in [-0.05, 0) is 57.1 Å². The van der Waals surface area contributed by atoms with E-state index >= 15 is 0 Å². The molecule has 8 heteroatoms. The Morgan fingerprint density at radius 2 is 1.80 bits per heavy atom. The molecule has 0 aliphatic carbocycles. The highest BCUT2D eigenvalue weighted by Crippen LogP contribution is 2.29. The number of alkyl halides is 3. The number of piperidine rings is 1. The third-order valence-corrected chi connectivity index (χ3v) is 4.07. The average Bonchev–Trinajstić information content (AvgIpc) is 2.55. The summed E-state index contributed by atoms with van der Waals surface area (Å²) in [6, 6.07) is 4.32. The third kappa shape index (κ3) is 5.74. The van der Waals surface area contributed by atoms with Gasteiger partial charge in [0, 0.05) is 5.69 Å². The molecule has 0 bridgehead atoms. The van der Waals surface area contributed by atoms with E-state index < -0.39 is 11.7 Å². The lowest BCUT2D eigenvalue weighted by Crippen LogP contribution is -2.41. The Bertz CT molecular complexity index is 594. The number of nitrogens with zero attached hydrogens (tertiary/aromatic N) is 1. The van der Waals surface area contributed by atoms with Gasteiger partial charge in [-0.2, -0.15) is 13.2 Å². The number of amides is 1. The minimum absolute atomic E-state index is 0.130. The molecule has 1 N–H and O–H groups in total. The van der Waals surface area contributed by atoms with E-state index in [0.29, 0.717) is 38.2 Å². The highest BCUT2D eigenvalue weighted by molar-refractivity contribution is 5.92. The van der Waals surface area contributed by atoms with Gasteiger partial charge in [0.2, 0.25) is 5.91 Å². The number of benzene rings is 1. The molecule has 25 heavy (non-hydrogen) atoms. The summed E-state index contributed by atoms with van der Waals surface area (Å²) in [5, 5.41) is 2.58. The fourth-order valence-electron chi connectivity index (χ4n) is 2.73. The molecule has 1 aromatic rings. The van der Waals surface area contributed by atoms with Crippen LogP contribution < -0.4 is 5.32 Å². The van der Waals surface area contributed by atoms with Crippen molar-refractivity contribution >= 4 is 17.6 Å². The van der Waals surface area contributed by atoms with Crippen molar-refractivity contribution in [2.75, 3.05) is 31.6 Å². The fraction of sp³-hybridized carbons (Fsp3) is 0.529. The number of hydrogen-bond donors (Lipinski definition) is 1. The summed E-state index contributed by atoms with van der Waals surface area (Å²) < 4.78 is 42.5. The van der Waals surface area contributed by atoms with Gasteiger partial charge in [-0.3, -0.25) is 14.5 Å². The normalized spacial score (nSPS) is 16.5. The number of nitrogens with one attached hydrogen (secondary N) is 1. The Kier molecular flexibility index (Phi) is 6.41. The van der Waals surface area contributed by atoms with Crippen LogP contribution in [0.5, 0.6) is 0 Å². The highest BCUT2D eigenvalue weighted by atomic mass is 19.4. The summed E-state index contributed by atoms with van der Waals surface area (Å²) in [4.78, 5) is 25.6. The number of halogens is 3. The van der Waals surface area contributed by atoms with Crippen LogP contribution in [0.4, 0.5) is 18.9 Å². The van der Waals surface area contributed by atoms with Crippen molar-refractivity contribution < 1.29 is 27.5 Å². The number of rotatable bonds is 5. The summed E-state index contributed by atoms with van der Waals surface area (Å²) in [5.41, 5.74) is -0.439. The van der Waals surface area contributed by atoms with Crippen LogP contribution in [-0.4, -0.2) is 43.0 Å². The molecular weight excluding hydrogens is 337 g/mol. The van der Waals surface area contributed by atoms with E-state index in [1.165, 1.54) is 12.1 Å². The quantitative estimate of drug-likeness (QED) is 0.823. The van der Waals surface area contributed by atoms with Crippen LogP contribution in [0.1, 0.15) is 25.3 Å². The lowest BCUT2D eigenvalue weighted by atomic mass is 9.97. The van der Waals surface area contributed by atoms with Gasteiger partial charge in [-0.25, -0.2) is 0 Å². The Labute approximate surface area is 144 Å². The number of ether oxygens (including phenoxy) is 1. The van der Waals surface area contributed by atoms with Gasteiger partial charge in [0.25, 0.3) is 0 Å². The van der Waals surface area contributed by atoms with Gasteiger partial charge >= 0.3 is 12.1 Å². The molecular formula is C17H21F3N2O3. The molecule has 0 spiro atoms. The molecule has 1 aliphatic rings. The molecule has 1 aliphatic heterocycles. The van der Waals surface area contributed by atoms with E-state index in [1.54, 1.807) is 6.92 Å². The van der Waals surface area contributed by atoms with Gasteiger partial charge in [-0.1, -0.05) is 0 Å². The zero-order chi connectivity index (χ0) is 18.4. The molecule has 1 aromatic carbocycles. The Morgan fingerprint density at radius 1 is 1.20 bits per heavy atom. The molecule has 0 atom stereocenters. The molecule has 5 nitrogen and oxygen atoms in total. The number of likely N-dealkylation sites (tertiary alicyclic amines) is 1. The van der Waals surface area contributed by atoms with Crippen LogP contribution in [0.25, 0.3) is 0 Å². The number of esters is 1.